The van der Waals surface area contributed by atoms with Crippen LogP contribution >= 0.6 is 0 Å². The number of aromatic hydroxyl groups is 1. The summed E-state index contributed by atoms with van der Waals surface area (Å²) in [5, 5.41) is 15.0. The molecular weight excluding hydrogens is 793 g/mol. The summed E-state index contributed by atoms with van der Waals surface area (Å²) < 4.78 is 10.2. The third-order valence-electron chi connectivity index (χ3n) is 12.2. The highest BCUT2D eigenvalue weighted by Crippen LogP contribution is 2.36. The van der Waals surface area contributed by atoms with Crippen molar-refractivity contribution in [3.63, 3.8) is 0 Å². The molecule has 65 heavy (non-hydrogen) atoms. The van der Waals surface area contributed by atoms with Crippen LogP contribution in [0.5, 0.6) is 11.5 Å². The fourth-order valence-electron chi connectivity index (χ4n) is 9.12. The molecule has 2 aromatic heterocycles. The van der Waals surface area contributed by atoms with E-state index in [1.807, 2.05) is 36.4 Å². The number of fused-ring (bicyclic) bond motifs is 6. The number of hydrogen-bond donors (Lipinski definition) is 1. The number of phenolic OH excluding ortho intramolecular Hbond substituents is 1. The lowest BCUT2D eigenvalue weighted by Crippen LogP contribution is -1.94. The largest absolute Gasteiger partial charge is 0.508 e. The highest BCUT2D eigenvalue weighted by atomic mass is 16.5. The average molecular weight is 837 g/mol. The van der Waals surface area contributed by atoms with Gasteiger partial charge in [0.2, 0.25) is 0 Å². The van der Waals surface area contributed by atoms with E-state index in [4.69, 9.17) is 4.74 Å². The molecule has 0 bridgehead atoms. The molecule has 0 spiro atoms. The molecule has 0 fully saturated rings. The second-order valence-corrected chi connectivity index (χ2v) is 16.4. The van der Waals surface area contributed by atoms with E-state index >= 15 is 0 Å². The lowest BCUT2D eigenvalue weighted by atomic mass is 10.0. The third kappa shape index (κ3) is 7.79. The summed E-state index contributed by atoms with van der Waals surface area (Å²) in [5.74, 6) is 1.07. The van der Waals surface area contributed by atoms with Gasteiger partial charge in [0.05, 0.1) is 29.2 Å². The fourth-order valence-corrected chi connectivity index (χ4v) is 9.12. The number of hydrogen-bond acceptors (Lipinski definition) is 2. The van der Waals surface area contributed by atoms with Crippen LogP contribution in [0.25, 0.3) is 103 Å². The van der Waals surface area contributed by atoms with Crippen LogP contribution in [0.3, 0.4) is 0 Å². The zero-order chi connectivity index (χ0) is 43.7. The van der Waals surface area contributed by atoms with Crippen molar-refractivity contribution in [3.8, 4) is 34.0 Å². The van der Waals surface area contributed by atoms with Gasteiger partial charge < -0.3 is 19.0 Å². The van der Waals surface area contributed by atoms with E-state index in [-0.39, 0.29) is 5.75 Å². The Hall–Kier alpha value is -8.60. The van der Waals surface area contributed by atoms with Crippen molar-refractivity contribution in [2.45, 2.75) is 0 Å². The van der Waals surface area contributed by atoms with Crippen molar-refractivity contribution in [2.75, 3.05) is 7.11 Å². The van der Waals surface area contributed by atoms with E-state index in [9.17, 15) is 5.11 Å². The Labute approximate surface area is 378 Å². The summed E-state index contributed by atoms with van der Waals surface area (Å²) in [5.41, 5.74) is 15.7. The molecule has 0 aliphatic carbocycles. The van der Waals surface area contributed by atoms with Gasteiger partial charge in [0, 0.05) is 32.9 Å². The van der Waals surface area contributed by atoms with E-state index < -0.39 is 0 Å². The lowest BCUT2D eigenvalue weighted by Gasteiger charge is -2.11. The van der Waals surface area contributed by atoms with Gasteiger partial charge >= 0.3 is 0 Å². The van der Waals surface area contributed by atoms with Gasteiger partial charge in [-0.15, -0.1) is 0 Å². The predicted molar refractivity (Wildman–Crippen MR) is 275 cm³/mol. The number of phenols is 1. The first-order valence-corrected chi connectivity index (χ1v) is 21.9. The van der Waals surface area contributed by atoms with Crippen LogP contribution < -0.4 is 4.74 Å². The molecule has 9 aromatic carbocycles. The van der Waals surface area contributed by atoms with Crippen LogP contribution in [0.15, 0.2) is 206 Å². The van der Waals surface area contributed by atoms with E-state index in [2.05, 4.69) is 203 Å². The predicted octanol–water partition coefficient (Wildman–Crippen LogP) is 15.8. The van der Waals surface area contributed by atoms with Crippen molar-refractivity contribution >= 4 is 80.1 Å². The zero-order valence-electron chi connectivity index (χ0n) is 35.8. The summed E-state index contributed by atoms with van der Waals surface area (Å²) in [6, 6.07) is 72.5. The Kier molecular flexibility index (Phi) is 10.2. The van der Waals surface area contributed by atoms with Gasteiger partial charge in [-0.1, -0.05) is 146 Å². The molecular formula is C61H44N2O2. The summed E-state index contributed by atoms with van der Waals surface area (Å²) in [6.45, 7) is 0. The van der Waals surface area contributed by atoms with Gasteiger partial charge in [-0.05, 0) is 142 Å². The van der Waals surface area contributed by atoms with Gasteiger partial charge in [0.1, 0.15) is 11.5 Å². The van der Waals surface area contributed by atoms with E-state index in [1.165, 1.54) is 49.2 Å². The second kappa shape index (κ2) is 16.9. The molecule has 0 unspecified atom stereocenters. The average Bonchev–Trinajstić information content (AvgIpc) is 3.87. The highest BCUT2D eigenvalue weighted by Gasteiger charge is 2.14. The summed E-state index contributed by atoms with van der Waals surface area (Å²) in [4.78, 5) is 0. The number of para-hydroxylation sites is 3. The first kappa shape index (κ1) is 39.3. The second-order valence-electron chi connectivity index (χ2n) is 16.4. The van der Waals surface area contributed by atoms with Gasteiger partial charge in [-0.3, -0.25) is 0 Å². The number of ether oxygens (including phenoxy) is 1. The van der Waals surface area contributed by atoms with E-state index in [0.717, 1.165) is 56.0 Å². The fraction of sp³-hybridized carbons (Fsp3) is 0.0164. The number of benzene rings is 9. The highest BCUT2D eigenvalue weighted by molar-refractivity contribution is 6.10. The molecule has 1 N–H and O–H groups in total. The molecule has 4 nitrogen and oxygen atoms in total. The third-order valence-corrected chi connectivity index (χ3v) is 12.2. The minimum absolute atomic E-state index is 0.248. The molecule has 0 radical (unpaired) electrons. The van der Waals surface area contributed by atoms with Crippen molar-refractivity contribution in [1.82, 2.24) is 9.13 Å². The monoisotopic (exact) mass is 836 g/mol. The maximum atomic E-state index is 10.0. The molecule has 0 aliphatic rings. The molecule has 0 saturated heterocycles. The van der Waals surface area contributed by atoms with E-state index in [1.54, 1.807) is 19.2 Å². The minimum Gasteiger partial charge on any atom is -0.508 e. The molecule has 0 atom stereocenters. The first-order valence-electron chi connectivity index (χ1n) is 21.9. The van der Waals surface area contributed by atoms with Gasteiger partial charge in [-0.2, -0.15) is 0 Å². The molecule has 11 aromatic rings. The quantitative estimate of drug-likeness (QED) is 0.139. The smallest absolute Gasteiger partial charge is 0.119 e. The lowest BCUT2D eigenvalue weighted by molar-refractivity contribution is 0.414. The van der Waals surface area contributed by atoms with E-state index in [0.29, 0.717) is 0 Å². The van der Waals surface area contributed by atoms with Crippen molar-refractivity contribution in [1.29, 1.82) is 0 Å². The SMILES string of the molecule is COc1cccc(/C=C/c2cc(/C=C/c3cccc(O)c3)cc(/C=C/c3ccc4c(c3)c3ccccc3n4-c3ccc(-c4ccc(-n5c6ccccc6c6ccccc65)cc4)cc3)c2)c1. The zero-order valence-corrected chi connectivity index (χ0v) is 35.8. The van der Waals surface area contributed by atoms with Crippen LogP contribution in [0.2, 0.25) is 0 Å². The Bertz CT molecular complexity index is 3590. The van der Waals surface area contributed by atoms with Gasteiger partial charge in [-0.25, -0.2) is 0 Å². The number of rotatable bonds is 10. The molecule has 11 rings (SSSR count). The Balaban J connectivity index is 0.894. The summed E-state index contributed by atoms with van der Waals surface area (Å²) in [6.07, 6.45) is 12.7. The standard InChI is InChI=1S/C61H44N2O2/c1-65-53-13-9-11-43(40-53)21-24-46-36-45(23-20-42-10-8-12-52(64)39-42)37-47(38-46)25-22-44-26-35-61-57(41-44)56-16-4-7-19-60(56)63(61)51-33-29-49(30-34-51)48-27-31-50(32-28-48)62-58-17-5-2-14-54(58)55-15-3-6-18-59(55)62/h2-41,64H,1H3/b23-20+,24-21+,25-22+. The maximum absolute atomic E-state index is 10.0. The van der Waals surface area contributed by atoms with Crippen LogP contribution in [-0.4, -0.2) is 21.4 Å². The van der Waals surface area contributed by atoms with Crippen LogP contribution in [0.1, 0.15) is 33.4 Å². The van der Waals surface area contributed by atoms with Crippen LogP contribution in [-0.2, 0) is 0 Å². The molecule has 0 saturated carbocycles. The number of aromatic nitrogens is 2. The van der Waals surface area contributed by atoms with Crippen LogP contribution in [0, 0.1) is 0 Å². The minimum atomic E-state index is 0.248. The van der Waals surface area contributed by atoms with Crippen molar-refractivity contribution in [3.05, 3.63) is 240 Å². The topological polar surface area (TPSA) is 39.3 Å². The molecule has 4 heteroatoms. The molecule has 0 aliphatic heterocycles. The summed E-state index contributed by atoms with van der Waals surface area (Å²) in [7, 11) is 1.69. The van der Waals surface area contributed by atoms with Gasteiger partial charge in [0.15, 0.2) is 0 Å². The number of methoxy groups -OCH3 is 1. The Morgan fingerprint density at radius 3 is 1.25 bits per heavy atom. The van der Waals surface area contributed by atoms with Crippen molar-refractivity contribution in [2.24, 2.45) is 0 Å². The Morgan fingerprint density at radius 1 is 0.338 bits per heavy atom. The van der Waals surface area contributed by atoms with Gasteiger partial charge in [0.25, 0.3) is 0 Å². The molecule has 2 heterocycles. The molecule has 310 valence electrons. The van der Waals surface area contributed by atoms with Crippen LogP contribution in [0.4, 0.5) is 0 Å². The molecule has 0 amide bonds. The Morgan fingerprint density at radius 2 is 0.754 bits per heavy atom. The maximum Gasteiger partial charge on any atom is 0.119 e. The number of nitrogens with zero attached hydrogens (tertiary/aromatic N) is 2. The summed E-state index contributed by atoms with van der Waals surface area (Å²) >= 11 is 0. The normalized spacial score (nSPS) is 12.0. The first-order chi connectivity index (χ1) is 32.0. The van der Waals surface area contributed by atoms with Crippen molar-refractivity contribution < 1.29 is 9.84 Å².